The minimum absolute atomic E-state index is 0.138. The molecule has 4 aromatic rings. The van der Waals surface area contributed by atoms with E-state index in [1.807, 2.05) is 54.3 Å². The van der Waals surface area contributed by atoms with Crippen molar-refractivity contribution in [1.29, 1.82) is 0 Å². The van der Waals surface area contributed by atoms with Gasteiger partial charge in [-0.05, 0) is 60.9 Å². The molecule has 0 aliphatic heterocycles. The molecule has 1 heterocycles. The van der Waals surface area contributed by atoms with E-state index in [1.54, 1.807) is 42.0 Å². The van der Waals surface area contributed by atoms with E-state index in [-0.39, 0.29) is 17.4 Å². The molecule has 0 N–H and O–H groups in total. The Morgan fingerprint density at radius 1 is 1.03 bits per heavy atom. The van der Waals surface area contributed by atoms with E-state index < -0.39 is 6.04 Å². The number of aromatic nitrogens is 2. The Bertz CT molecular complexity index is 1430. The Labute approximate surface area is 216 Å². The van der Waals surface area contributed by atoms with Crippen LogP contribution in [0.4, 0.5) is 0 Å². The van der Waals surface area contributed by atoms with Gasteiger partial charge in [-0.2, -0.15) is 0 Å². The Hall–Kier alpha value is -3.64. The Kier molecular flexibility index (Phi) is 7.75. The van der Waals surface area contributed by atoms with Gasteiger partial charge in [-0.15, -0.1) is 0 Å². The maximum Gasteiger partial charge on any atom is 0.266 e. The molecule has 1 amide bonds. The van der Waals surface area contributed by atoms with Gasteiger partial charge < -0.3 is 9.64 Å². The molecule has 4 rings (SSSR count). The first-order valence-electron chi connectivity index (χ1n) is 12.1. The maximum atomic E-state index is 13.9. The Morgan fingerprint density at radius 2 is 1.69 bits per heavy atom. The molecule has 1 aromatic heterocycles. The summed E-state index contributed by atoms with van der Waals surface area (Å²) in [5.41, 5.74) is 1.50. The maximum absolute atomic E-state index is 13.9. The molecule has 186 valence electrons. The van der Waals surface area contributed by atoms with Crippen molar-refractivity contribution in [2.45, 2.75) is 33.2 Å². The molecule has 0 aliphatic carbocycles. The van der Waals surface area contributed by atoms with Crippen LogP contribution in [0.5, 0.6) is 5.75 Å². The third-order valence-electron chi connectivity index (χ3n) is 6.10. The number of carbonyl (C=O) groups is 1. The summed E-state index contributed by atoms with van der Waals surface area (Å²) in [7, 11) is 1.57. The number of methoxy groups -OCH3 is 1. The molecule has 0 fully saturated rings. The second-order valence-corrected chi connectivity index (χ2v) is 9.52. The van der Waals surface area contributed by atoms with Gasteiger partial charge in [-0.3, -0.25) is 14.2 Å². The van der Waals surface area contributed by atoms with Gasteiger partial charge in [0.15, 0.2) is 0 Å². The van der Waals surface area contributed by atoms with E-state index in [4.69, 9.17) is 21.3 Å². The SMILES string of the molecule is CCC(c1nc2ccccc2c(=O)n1-c1ccccc1OC)N(CC(C)C)C(=O)c1ccc(Cl)cc1. The first-order valence-corrected chi connectivity index (χ1v) is 12.4. The molecule has 1 unspecified atom stereocenters. The lowest BCUT2D eigenvalue weighted by atomic mass is 10.1. The predicted molar refractivity (Wildman–Crippen MR) is 144 cm³/mol. The van der Waals surface area contributed by atoms with Crippen molar-refractivity contribution in [3.8, 4) is 11.4 Å². The van der Waals surface area contributed by atoms with Crippen LogP contribution in [0.15, 0.2) is 77.6 Å². The van der Waals surface area contributed by atoms with E-state index in [0.29, 0.717) is 51.7 Å². The topological polar surface area (TPSA) is 64.4 Å². The van der Waals surface area contributed by atoms with Crippen molar-refractivity contribution in [3.05, 3.63) is 99.6 Å². The van der Waals surface area contributed by atoms with Crippen LogP contribution in [0.1, 0.15) is 49.4 Å². The van der Waals surface area contributed by atoms with Gasteiger partial charge in [0.05, 0.1) is 29.7 Å². The molecule has 7 heteroatoms. The van der Waals surface area contributed by atoms with Crippen LogP contribution in [0.3, 0.4) is 0 Å². The van der Waals surface area contributed by atoms with Crippen LogP contribution < -0.4 is 10.3 Å². The summed E-state index contributed by atoms with van der Waals surface area (Å²) in [6.45, 7) is 6.63. The van der Waals surface area contributed by atoms with Crippen molar-refractivity contribution in [2.24, 2.45) is 5.92 Å². The number of benzene rings is 3. The zero-order valence-corrected chi connectivity index (χ0v) is 21.7. The predicted octanol–water partition coefficient (Wildman–Crippen LogP) is 6.30. The quantitative estimate of drug-likeness (QED) is 0.283. The summed E-state index contributed by atoms with van der Waals surface area (Å²) in [5.74, 6) is 1.10. The fourth-order valence-electron chi connectivity index (χ4n) is 4.47. The number of halogens is 1. The van der Waals surface area contributed by atoms with E-state index in [9.17, 15) is 9.59 Å². The zero-order valence-electron chi connectivity index (χ0n) is 20.9. The second kappa shape index (κ2) is 11.0. The largest absolute Gasteiger partial charge is 0.495 e. The van der Waals surface area contributed by atoms with Crippen LogP contribution in [0, 0.1) is 5.92 Å². The molecule has 0 spiro atoms. The molecule has 1 atom stereocenters. The minimum atomic E-state index is -0.460. The Balaban J connectivity index is 1.98. The molecule has 0 saturated heterocycles. The summed E-state index contributed by atoms with van der Waals surface area (Å²) in [6, 6.07) is 21.1. The number of fused-ring (bicyclic) bond motifs is 1. The number of hydrogen-bond donors (Lipinski definition) is 0. The normalized spacial score (nSPS) is 12.1. The van der Waals surface area contributed by atoms with Crippen molar-refractivity contribution >= 4 is 28.4 Å². The van der Waals surface area contributed by atoms with Crippen molar-refractivity contribution in [3.63, 3.8) is 0 Å². The summed E-state index contributed by atoms with van der Waals surface area (Å²) in [4.78, 5) is 34.5. The fourth-order valence-corrected chi connectivity index (χ4v) is 4.59. The number of para-hydroxylation sites is 3. The van der Waals surface area contributed by atoms with Crippen LogP contribution in [-0.2, 0) is 0 Å². The number of rotatable bonds is 8. The fraction of sp³-hybridized carbons (Fsp3) is 0.276. The molecule has 3 aromatic carbocycles. The molecular weight excluding hydrogens is 474 g/mol. The number of amides is 1. The molecule has 36 heavy (non-hydrogen) atoms. The molecule has 6 nitrogen and oxygen atoms in total. The monoisotopic (exact) mass is 503 g/mol. The number of nitrogens with zero attached hydrogens (tertiary/aromatic N) is 3. The lowest BCUT2D eigenvalue weighted by molar-refractivity contribution is 0.0631. The van der Waals surface area contributed by atoms with Crippen molar-refractivity contribution in [1.82, 2.24) is 14.5 Å². The van der Waals surface area contributed by atoms with Gasteiger partial charge >= 0.3 is 0 Å². The standard InChI is InChI=1S/C29H30ClN3O3/c1-5-24(32(18-19(2)3)28(34)20-14-16-21(30)17-15-20)27-31-23-11-7-6-10-22(23)29(35)33(27)25-12-8-9-13-26(25)36-4/h6-17,19,24H,5,18H2,1-4H3. The van der Waals surface area contributed by atoms with Gasteiger partial charge in [-0.25, -0.2) is 4.98 Å². The van der Waals surface area contributed by atoms with E-state index in [1.165, 1.54) is 0 Å². The minimum Gasteiger partial charge on any atom is -0.495 e. The third kappa shape index (κ3) is 5.00. The second-order valence-electron chi connectivity index (χ2n) is 9.08. The zero-order chi connectivity index (χ0) is 25.8. The summed E-state index contributed by atoms with van der Waals surface area (Å²) < 4.78 is 7.20. The average Bonchev–Trinajstić information content (AvgIpc) is 2.88. The number of hydrogen-bond acceptors (Lipinski definition) is 4. The number of ether oxygens (including phenoxy) is 1. The molecule has 0 bridgehead atoms. The smallest absolute Gasteiger partial charge is 0.266 e. The molecule has 0 radical (unpaired) electrons. The third-order valence-corrected chi connectivity index (χ3v) is 6.35. The van der Waals surface area contributed by atoms with Gasteiger partial charge in [0.2, 0.25) is 0 Å². The summed E-state index contributed by atoms with van der Waals surface area (Å²) in [5, 5.41) is 1.07. The highest BCUT2D eigenvalue weighted by molar-refractivity contribution is 6.30. The highest BCUT2D eigenvalue weighted by Crippen LogP contribution is 2.31. The molecule has 0 saturated carbocycles. The van der Waals surface area contributed by atoms with Gasteiger partial charge in [0.1, 0.15) is 11.6 Å². The van der Waals surface area contributed by atoms with Crippen LogP contribution in [-0.4, -0.2) is 34.0 Å². The van der Waals surface area contributed by atoms with Crippen LogP contribution in [0.25, 0.3) is 16.6 Å². The first kappa shape index (κ1) is 25.5. The van der Waals surface area contributed by atoms with Crippen molar-refractivity contribution in [2.75, 3.05) is 13.7 Å². The van der Waals surface area contributed by atoms with Gasteiger partial charge in [0, 0.05) is 17.1 Å². The van der Waals surface area contributed by atoms with Gasteiger partial charge in [-0.1, -0.05) is 56.6 Å². The lowest BCUT2D eigenvalue weighted by Crippen LogP contribution is -2.40. The van der Waals surface area contributed by atoms with Crippen molar-refractivity contribution < 1.29 is 9.53 Å². The van der Waals surface area contributed by atoms with E-state index in [0.717, 1.165) is 0 Å². The lowest BCUT2D eigenvalue weighted by Gasteiger charge is -2.34. The highest BCUT2D eigenvalue weighted by Gasteiger charge is 2.30. The van der Waals surface area contributed by atoms with Gasteiger partial charge in [0.25, 0.3) is 11.5 Å². The summed E-state index contributed by atoms with van der Waals surface area (Å²) >= 11 is 6.07. The van der Waals surface area contributed by atoms with Crippen LogP contribution in [0.2, 0.25) is 5.02 Å². The molecule has 0 aliphatic rings. The summed E-state index contributed by atoms with van der Waals surface area (Å²) in [6.07, 6.45) is 0.561. The first-order chi connectivity index (χ1) is 17.3. The molecular formula is C29H30ClN3O3. The Morgan fingerprint density at radius 3 is 2.36 bits per heavy atom. The highest BCUT2D eigenvalue weighted by atomic mass is 35.5. The van der Waals surface area contributed by atoms with E-state index in [2.05, 4.69) is 13.8 Å². The van der Waals surface area contributed by atoms with E-state index >= 15 is 0 Å². The number of carbonyl (C=O) groups excluding carboxylic acids is 1. The average molecular weight is 504 g/mol. The van der Waals surface area contributed by atoms with Crippen LogP contribution >= 0.6 is 11.6 Å².